The molecule has 30 heavy (non-hydrogen) atoms. The standard InChI is InChI=1S/C22H22Cl2N4O2/c1-14-4-5-15(2)20(10-14)30-13-21(29)26-25-11-19-16(3)27-28(22(19)24)12-17-6-8-18(23)9-7-17/h4-11H,12-13H2,1-3H3,(H,26,29)/b25-11+. The van der Waals surface area contributed by atoms with Crippen molar-refractivity contribution in [2.24, 2.45) is 5.10 Å². The molecule has 1 N–H and O–H groups in total. The maximum atomic E-state index is 12.0. The van der Waals surface area contributed by atoms with Gasteiger partial charge in [-0.3, -0.25) is 4.79 Å². The van der Waals surface area contributed by atoms with Crippen LogP contribution in [0.4, 0.5) is 0 Å². The molecule has 1 heterocycles. The normalized spacial score (nSPS) is 11.1. The molecule has 0 fully saturated rings. The summed E-state index contributed by atoms with van der Waals surface area (Å²) in [5.74, 6) is 0.311. The van der Waals surface area contributed by atoms with Crippen molar-refractivity contribution in [1.29, 1.82) is 0 Å². The van der Waals surface area contributed by atoms with Crippen molar-refractivity contribution in [2.75, 3.05) is 6.61 Å². The summed E-state index contributed by atoms with van der Waals surface area (Å²) in [5, 5.41) is 9.54. The van der Waals surface area contributed by atoms with E-state index in [1.165, 1.54) is 6.21 Å². The molecule has 0 aliphatic rings. The number of nitrogens with zero attached hydrogens (tertiary/aromatic N) is 3. The van der Waals surface area contributed by atoms with Crippen LogP contribution in [0.25, 0.3) is 0 Å². The van der Waals surface area contributed by atoms with Crippen LogP contribution < -0.4 is 10.2 Å². The van der Waals surface area contributed by atoms with Gasteiger partial charge in [-0.1, -0.05) is 47.5 Å². The van der Waals surface area contributed by atoms with Gasteiger partial charge in [0, 0.05) is 5.02 Å². The number of rotatable bonds is 7. The van der Waals surface area contributed by atoms with Gasteiger partial charge in [-0.05, 0) is 55.7 Å². The minimum Gasteiger partial charge on any atom is -0.483 e. The van der Waals surface area contributed by atoms with Crippen LogP contribution in [-0.4, -0.2) is 28.5 Å². The van der Waals surface area contributed by atoms with Crippen molar-refractivity contribution in [3.63, 3.8) is 0 Å². The Morgan fingerprint density at radius 3 is 2.63 bits per heavy atom. The summed E-state index contributed by atoms with van der Waals surface area (Å²) >= 11 is 12.4. The molecule has 6 nitrogen and oxygen atoms in total. The van der Waals surface area contributed by atoms with Crippen molar-refractivity contribution in [2.45, 2.75) is 27.3 Å². The van der Waals surface area contributed by atoms with Gasteiger partial charge in [0.25, 0.3) is 5.91 Å². The van der Waals surface area contributed by atoms with E-state index in [1.807, 2.05) is 63.2 Å². The van der Waals surface area contributed by atoms with Crippen LogP contribution in [0.5, 0.6) is 5.75 Å². The second kappa shape index (κ2) is 9.78. The molecule has 0 aliphatic carbocycles. The first-order valence-electron chi connectivity index (χ1n) is 9.33. The molecule has 1 amide bonds. The zero-order valence-electron chi connectivity index (χ0n) is 16.9. The molecule has 8 heteroatoms. The fraction of sp³-hybridized carbons (Fsp3) is 0.227. The summed E-state index contributed by atoms with van der Waals surface area (Å²) in [6.07, 6.45) is 1.48. The number of halogens is 2. The molecule has 0 saturated heterocycles. The zero-order valence-corrected chi connectivity index (χ0v) is 18.5. The third kappa shape index (κ3) is 5.62. The number of nitrogens with one attached hydrogen (secondary N) is 1. The molecule has 3 aromatic rings. The smallest absolute Gasteiger partial charge is 0.277 e. The number of carbonyl (C=O) groups is 1. The number of amides is 1. The second-order valence-electron chi connectivity index (χ2n) is 6.92. The SMILES string of the molecule is Cc1ccc(C)c(OCC(=O)N/N=C/c2c(C)nn(Cc3ccc(Cl)cc3)c2Cl)c1. The summed E-state index contributed by atoms with van der Waals surface area (Å²) in [5.41, 5.74) is 6.85. The van der Waals surface area contributed by atoms with E-state index in [0.717, 1.165) is 16.7 Å². The first-order chi connectivity index (χ1) is 14.3. The number of aromatic nitrogens is 2. The fourth-order valence-corrected chi connectivity index (χ4v) is 3.20. The minimum absolute atomic E-state index is 0.135. The van der Waals surface area contributed by atoms with Gasteiger partial charge >= 0.3 is 0 Å². The highest BCUT2D eigenvalue weighted by Gasteiger charge is 2.12. The van der Waals surface area contributed by atoms with Gasteiger partial charge in [0.05, 0.1) is 24.0 Å². The quantitative estimate of drug-likeness (QED) is 0.424. The lowest BCUT2D eigenvalue weighted by Crippen LogP contribution is -2.24. The molecule has 2 aromatic carbocycles. The first kappa shape index (κ1) is 21.9. The van der Waals surface area contributed by atoms with E-state index in [4.69, 9.17) is 27.9 Å². The van der Waals surface area contributed by atoms with Crippen LogP contribution in [0.15, 0.2) is 47.6 Å². The predicted octanol–water partition coefficient (Wildman–Crippen LogP) is 4.69. The van der Waals surface area contributed by atoms with Crippen molar-refractivity contribution >= 4 is 35.3 Å². The lowest BCUT2D eigenvalue weighted by atomic mass is 10.1. The maximum Gasteiger partial charge on any atom is 0.277 e. The van der Waals surface area contributed by atoms with Crippen molar-refractivity contribution < 1.29 is 9.53 Å². The third-order valence-corrected chi connectivity index (χ3v) is 5.09. The Balaban J connectivity index is 1.59. The van der Waals surface area contributed by atoms with Crippen LogP contribution in [0, 0.1) is 20.8 Å². The van der Waals surface area contributed by atoms with E-state index >= 15 is 0 Å². The number of hydrogen-bond donors (Lipinski definition) is 1. The first-order valence-corrected chi connectivity index (χ1v) is 10.1. The van der Waals surface area contributed by atoms with E-state index in [-0.39, 0.29) is 12.5 Å². The molecule has 0 aliphatic heterocycles. The molecule has 0 saturated carbocycles. The molecule has 0 spiro atoms. The van der Waals surface area contributed by atoms with E-state index < -0.39 is 0 Å². The number of aryl methyl sites for hydroxylation is 3. The van der Waals surface area contributed by atoms with Crippen LogP contribution in [-0.2, 0) is 11.3 Å². The Morgan fingerprint density at radius 2 is 1.90 bits per heavy atom. The average Bonchev–Trinajstić information content (AvgIpc) is 2.97. The van der Waals surface area contributed by atoms with Crippen molar-refractivity contribution in [3.05, 3.63) is 80.6 Å². The summed E-state index contributed by atoms with van der Waals surface area (Å²) in [6, 6.07) is 13.3. The zero-order chi connectivity index (χ0) is 21.7. The second-order valence-corrected chi connectivity index (χ2v) is 7.72. The van der Waals surface area contributed by atoms with Crippen LogP contribution >= 0.6 is 23.2 Å². The molecule has 156 valence electrons. The molecule has 1 aromatic heterocycles. The van der Waals surface area contributed by atoms with Gasteiger partial charge in [0.1, 0.15) is 10.9 Å². The molecule has 3 rings (SSSR count). The van der Waals surface area contributed by atoms with Crippen LogP contribution in [0.2, 0.25) is 10.2 Å². The van der Waals surface area contributed by atoms with Crippen molar-refractivity contribution in [1.82, 2.24) is 15.2 Å². The number of hydrogen-bond acceptors (Lipinski definition) is 4. The summed E-state index contributed by atoms with van der Waals surface area (Å²) in [6.45, 7) is 6.09. The molecule has 0 radical (unpaired) electrons. The highest BCUT2D eigenvalue weighted by molar-refractivity contribution is 6.32. The lowest BCUT2D eigenvalue weighted by Gasteiger charge is -2.08. The maximum absolute atomic E-state index is 12.0. The predicted molar refractivity (Wildman–Crippen MR) is 120 cm³/mol. The van der Waals surface area contributed by atoms with Gasteiger partial charge in [-0.15, -0.1) is 0 Å². The monoisotopic (exact) mass is 444 g/mol. The minimum atomic E-state index is -0.366. The Labute approximate surface area is 185 Å². The molecular weight excluding hydrogens is 423 g/mol. The Morgan fingerprint density at radius 1 is 1.17 bits per heavy atom. The van der Waals surface area contributed by atoms with E-state index in [1.54, 1.807) is 4.68 Å². The van der Waals surface area contributed by atoms with E-state index in [0.29, 0.717) is 33.7 Å². The van der Waals surface area contributed by atoms with Gasteiger partial charge in [0.15, 0.2) is 6.61 Å². The van der Waals surface area contributed by atoms with Gasteiger partial charge in [-0.25, -0.2) is 10.1 Å². The highest BCUT2D eigenvalue weighted by Crippen LogP contribution is 2.20. The molecule has 0 unspecified atom stereocenters. The fourth-order valence-electron chi connectivity index (χ4n) is 2.79. The van der Waals surface area contributed by atoms with E-state index in [9.17, 15) is 4.79 Å². The number of hydrazone groups is 1. The summed E-state index contributed by atoms with van der Waals surface area (Å²) in [7, 11) is 0. The molecular formula is C22H22Cl2N4O2. The van der Waals surface area contributed by atoms with E-state index in [2.05, 4.69) is 15.6 Å². The molecule has 0 atom stereocenters. The Kier molecular flexibility index (Phi) is 7.13. The topological polar surface area (TPSA) is 68.5 Å². The molecule has 0 bridgehead atoms. The van der Waals surface area contributed by atoms with Gasteiger partial charge < -0.3 is 4.74 Å². The van der Waals surface area contributed by atoms with Crippen molar-refractivity contribution in [3.8, 4) is 5.75 Å². The summed E-state index contributed by atoms with van der Waals surface area (Å²) in [4.78, 5) is 12.0. The van der Waals surface area contributed by atoms with Crippen LogP contribution in [0.1, 0.15) is 27.9 Å². The largest absolute Gasteiger partial charge is 0.483 e. The van der Waals surface area contributed by atoms with Gasteiger partial charge in [-0.2, -0.15) is 10.2 Å². The van der Waals surface area contributed by atoms with Gasteiger partial charge in [0.2, 0.25) is 0 Å². The highest BCUT2D eigenvalue weighted by atomic mass is 35.5. The number of ether oxygens (including phenoxy) is 1. The average molecular weight is 445 g/mol. The summed E-state index contributed by atoms with van der Waals surface area (Å²) < 4.78 is 7.24. The third-order valence-electron chi connectivity index (χ3n) is 4.44. The van der Waals surface area contributed by atoms with Crippen LogP contribution in [0.3, 0.4) is 0 Å². The Bertz CT molecular complexity index is 1080. The number of carbonyl (C=O) groups excluding carboxylic acids is 1. The lowest BCUT2D eigenvalue weighted by molar-refractivity contribution is -0.123. The Hall–Kier alpha value is -2.83. The number of benzene rings is 2.